The van der Waals surface area contributed by atoms with E-state index in [-0.39, 0.29) is 34.8 Å². The Kier molecular flexibility index (Phi) is 5.83. The lowest BCUT2D eigenvalue weighted by Gasteiger charge is -2.34. The molecule has 0 N–H and O–H groups in total. The van der Waals surface area contributed by atoms with Gasteiger partial charge in [-0.05, 0) is 24.3 Å². The standard InChI is InChI=1S/C23H30N6O3/c1-23(2,11-18-25-21-17(22(32)26-18)7-8-27(21)3)12-19(30)29-9-5-15(6-10-29)20(31)16-13-24-28(4)14-16/h7-8,13-15,17H,5-6,9-12H2,1-4H3. The van der Waals surface area contributed by atoms with E-state index in [9.17, 15) is 14.4 Å². The van der Waals surface area contributed by atoms with Gasteiger partial charge in [-0.15, -0.1) is 0 Å². The Morgan fingerprint density at radius 2 is 1.88 bits per heavy atom. The lowest BCUT2D eigenvalue weighted by Crippen LogP contribution is -2.42. The summed E-state index contributed by atoms with van der Waals surface area (Å²) in [5, 5.41) is 4.08. The second-order valence-corrected chi connectivity index (χ2v) is 9.71. The van der Waals surface area contributed by atoms with Crippen molar-refractivity contribution >= 4 is 29.3 Å². The maximum Gasteiger partial charge on any atom is 0.262 e. The zero-order valence-electron chi connectivity index (χ0n) is 19.1. The molecule has 0 radical (unpaired) electrons. The van der Waals surface area contributed by atoms with Crippen LogP contribution in [0, 0.1) is 17.3 Å². The molecule has 0 spiro atoms. The number of amides is 2. The van der Waals surface area contributed by atoms with E-state index in [2.05, 4.69) is 15.1 Å². The summed E-state index contributed by atoms with van der Waals surface area (Å²) in [6, 6.07) is 0. The van der Waals surface area contributed by atoms with Gasteiger partial charge in [0.25, 0.3) is 5.91 Å². The zero-order chi connectivity index (χ0) is 23.0. The van der Waals surface area contributed by atoms with E-state index in [1.165, 1.54) is 0 Å². The van der Waals surface area contributed by atoms with Crippen LogP contribution in [0.3, 0.4) is 0 Å². The van der Waals surface area contributed by atoms with Crippen LogP contribution >= 0.6 is 0 Å². The predicted octanol–water partition coefficient (Wildman–Crippen LogP) is 2.06. The van der Waals surface area contributed by atoms with Gasteiger partial charge in [-0.1, -0.05) is 13.8 Å². The lowest BCUT2D eigenvalue weighted by molar-refractivity contribution is -0.134. The molecule has 9 heteroatoms. The molecule has 9 nitrogen and oxygen atoms in total. The number of fused-ring (bicyclic) bond motifs is 1. The average molecular weight is 439 g/mol. The van der Waals surface area contributed by atoms with Crippen LogP contribution in [0.4, 0.5) is 0 Å². The predicted molar refractivity (Wildman–Crippen MR) is 120 cm³/mol. The number of piperidine rings is 1. The van der Waals surface area contributed by atoms with Gasteiger partial charge in [0.15, 0.2) is 5.78 Å². The van der Waals surface area contributed by atoms with Gasteiger partial charge in [-0.3, -0.25) is 19.1 Å². The monoisotopic (exact) mass is 438 g/mol. The van der Waals surface area contributed by atoms with Crippen LogP contribution in [0.25, 0.3) is 0 Å². The fourth-order valence-electron chi connectivity index (χ4n) is 4.56. The van der Waals surface area contributed by atoms with Gasteiger partial charge >= 0.3 is 0 Å². The summed E-state index contributed by atoms with van der Waals surface area (Å²) in [6.45, 7) is 5.15. The molecule has 2 amide bonds. The number of carbonyl (C=O) groups is 3. The van der Waals surface area contributed by atoms with Crippen molar-refractivity contribution in [2.75, 3.05) is 20.1 Å². The van der Waals surface area contributed by atoms with Crippen LogP contribution in [-0.2, 0) is 16.6 Å². The Morgan fingerprint density at radius 1 is 1.16 bits per heavy atom. The number of aryl methyl sites for hydroxylation is 1. The SMILES string of the molecule is CN1C=CC2C(=O)N=C(CC(C)(C)CC(=O)N3CCC(C(=O)c4cnn(C)c4)CC3)N=C21. The summed E-state index contributed by atoms with van der Waals surface area (Å²) in [6.07, 6.45) is 9.09. The summed E-state index contributed by atoms with van der Waals surface area (Å²) in [4.78, 5) is 50.4. The molecule has 0 aliphatic carbocycles. The molecule has 3 aliphatic rings. The summed E-state index contributed by atoms with van der Waals surface area (Å²) in [5.41, 5.74) is 0.244. The van der Waals surface area contributed by atoms with Crippen molar-refractivity contribution in [2.45, 2.75) is 39.5 Å². The minimum atomic E-state index is -0.389. The summed E-state index contributed by atoms with van der Waals surface area (Å²) in [7, 11) is 3.66. The van der Waals surface area contributed by atoms with Crippen molar-refractivity contribution in [3.05, 3.63) is 30.2 Å². The number of likely N-dealkylation sites (tertiary alicyclic amines) is 1. The molecule has 170 valence electrons. The summed E-state index contributed by atoms with van der Waals surface area (Å²) in [5.74, 6) is 0.694. The maximum absolute atomic E-state index is 13.0. The van der Waals surface area contributed by atoms with Crippen LogP contribution < -0.4 is 0 Å². The highest BCUT2D eigenvalue weighted by molar-refractivity contribution is 6.17. The van der Waals surface area contributed by atoms with Crippen molar-refractivity contribution < 1.29 is 14.4 Å². The van der Waals surface area contributed by atoms with Gasteiger partial charge in [0.1, 0.15) is 17.6 Å². The molecule has 1 atom stereocenters. The summed E-state index contributed by atoms with van der Waals surface area (Å²) >= 11 is 0. The number of hydrogen-bond acceptors (Lipinski definition) is 6. The quantitative estimate of drug-likeness (QED) is 0.633. The van der Waals surface area contributed by atoms with Gasteiger partial charge in [-0.25, -0.2) is 4.99 Å². The van der Waals surface area contributed by atoms with E-state index in [0.717, 1.165) is 0 Å². The Balaban J connectivity index is 1.31. The van der Waals surface area contributed by atoms with E-state index >= 15 is 0 Å². The van der Waals surface area contributed by atoms with Gasteiger partial charge in [0, 0.05) is 58.3 Å². The minimum Gasteiger partial charge on any atom is -0.343 e. The molecule has 1 fully saturated rings. The van der Waals surface area contributed by atoms with E-state index in [1.54, 1.807) is 30.2 Å². The smallest absolute Gasteiger partial charge is 0.262 e. The third-order valence-corrected chi connectivity index (χ3v) is 6.36. The molecule has 32 heavy (non-hydrogen) atoms. The second-order valence-electron chi connectivity index (χ2n) is 9.71. The van der Waals surface area contributed by atoms with E-state index < -0.39 is 0 Å². The normalized spacial score (nSPS) is 21.5. The van der Waals surface area contributed by atoms with Crippen LogP contribution in [0.5, 0.6) is 0 Å². The van der Waals surface area contributed by atoms with Crippen molar-refractivity contribution in [3.63, 3.8) is 0 Å². The number of ketones is 1. The highest BCUT2D eigenvalue weighted by Gasteiger charge is 2.35. The average Bonchev–Trinajstić information content (AvgIpc) is 3.33. The Labute approximate surface area is 187 Å². The number of hydrogen-bond donors (Lipinski definition) is 0. The van der Waals surface area contributed by atoms with Crippen LogP contribution in [-0.4, -0.2) is 69.0 Å². The molecule has 0 saturated carbocycles. The van der Waals surface area contributed by atoms with E-state index in [1.807, 2.05) is 36.9 Å². The number of Topliss-reactive ketones (excluding diaryl/α,β-unsaturated/α-hetero) is 1. The second kappa shape index (κ2) is 8.44. The molecule has 1 unspecified atom stereocenters. The fourth-order valence-corrected chi connectivity index (χ4v) is 4.56. The molecule has 1 aromatic heterocycles. The maximum atomic E-state index is 13.0. The topological polar surface area (TPSA) is 100 Å². The molecule has 1 aromatic rings. The molecule has 3 aliphatic heterocycles. The largest absolute Gasteiger partial charge is 0.343 e. The number of aliphatic imine (C=N–C) groups is 2. The van der Waals surface area contributed by atoms with Gasteiger partial charge in [0.05, 0.1) is 11.8 Å². The molecule has 1 saturated heterocycles. The first-order valence-corrected chi connectivity index (χ1v) is 11.0. The first kappa shape index (κ1) is 22.1. The van der Waals surface area contributed by atoms with E-state index in [0.29, 0.717) is 56.0 Å². The number of rotatable bonds is 6. The molecular formula is C23H30N6O3. The number of nitrogens with zero attached hydrogens (tertiary/aromatic N) is 6. The van der Waals surface area contributed by atoms with Crippen LogP contribution in [0.15, 0.2) is 34.7 Å². The Hall–Kier alpha value is -3.10. The van der Waals surface area contributed by atoms with E-state index in [4.69, 9.17) is 0 Å². The van der Waals surface area contributed by atoms with Gasteiger partial charge < -0.3 is 9.80 Å². The molecular weight excluding hydrogens is 408 g/mol. The van der Waals surface area contributed by atoms with Crippen molar-refractivity contribution in [2.24, 2.45) is 34.3 Å². The van der Waals surface area contributed by atoms with Gasteiger partial charge in [0.2, 0.25) is 5.91 Å². The lowest BCUT2D eigenvalue weighted by atomic mass is 9.83. The van der Waals surface area contributed by atoms with Crippen molar-refractivity contribution in [1.82, 2.24) is 19.6 Å². The van der Waals surface area contributed by atoms with Crippen molar-refractivity contribution in [1.29, 1.82) is 0 Å². The third kappa shape index (κ3) is 4.56. The number of carbonyl (C=O) groups excluding carboxylic acids is 3. The molecule has 4 heterocycles. The Morgan fingerprint density at radius 3 is 2.53 bits per heavy atom. The minimum absolute atomic E-state index is 0.0650. The van der Waals surface area contributed by atoms with Crippen LogP contribution in [0.2, 0.25) is 0 Å². The first-order valence-electron chi connectivity index (χ1n) is 11.0. The number of aromatic nitrogens is 2. The Bertz CT molecular complexity index is 1030. The van der Waals surface area contributed by atoms with Gasteiger partial charge in [-0.2, -0.15) is 10.1 Å². The molecule has 0 bridgehead atoms. The third-order valence-electron chi connectivity index (χ3n) is 6.36. The summed E-state index contributed by atoms with van der Waals surface area (Å²) < 4.78 is 1.63. The first-order chi connectivity index (χ1) is 15.1. The fraction of sp³-hybridized carbons (Fsp3) is 0.565. The highest BCUT2D eigenvalue weighted by atomic mass is 16.2. The molecule has 0 aromatic carbocycles. The van der Waals surface area contributed by atoms with Crippen LogP contribution in [0.1, 0.15) is 49.9 Å². The number of amidine groups is 2. The zero-order valence-corrected chi connectivity index (χ0v) is 19.1. The van der Waals surface area contributed by atoms with Crippen molar-refractivity contribution in [3.8, 4) is 0 Å². The molecule has 4 rings (SSSR count). The highest BCUT2D eigenvalue weighted by Crippen LogP contribution is 2.31.